The molecule has 0 saturated carbocycles. The minimum atomic E-state index is -0.836. The fraction of sp³-hybridized carbons (Fsp3) is 0.429. The number of aliphatic imine (C=N–C) groups is 1. The third kappa shape index (κ3) is 10.5. The summed E-state index contributed by atoms with van der Waals surface area (Å²) in [7, 11) is 0. The predicted molar refractivity (Wildman–Crippen MR) is 229 cm³/mol. The monoisotopic (exact) mass is 860 g/mol. The molecule has 2 aromatic carbocycles. The molecule has 0 aliphatic carbocycles. The van der Waals surface area contributed by atoms with Gasteiger partial charge in [0.05, 0.1) is 51.1 Å². The standard InChI is InChI=1S/C42H49ClN8O8S/c1-24-25(2)60-42-37(24)38(27-8-10-28(43)11-9-27)47-32(39(45)51(42)26(3)44)22-35(53)46-15-17-57-18-19-58-20-21-59-23-36(54)50-16-14-30(29-6-4-5-7-33(29)50)40(55)48-31-12-13-34(52)49-41(31)56/h4-11,30-32,44-45H,12-23H2,1-3H3,(H,46,53)(H,48,55)(H,49,52,56)/t30-,31+,32+/m1/s1. The summed E-state index contributed by atoms with van der Waals surface area (Å²) < 4.78 is 16.8. The van der Waals surface area contributed by atoms with Crippen LogP contribution in [-0.4, -0.2) is 112 Å². The van der Waals surface area contributed by atoms with Crippen LogP contribution >= 0.6 is 22.9 Å². The van der Waals surface area contributed by atoms with Gasteiger partial charge in [0.1, 0.15) is 35.4 Å². The van der Waals surface area contributed by atoms with E-state index in [0.29, 0.717) is 35.0 Å². The maximum atomic E-state index is 13.2. The number of para-hydroxylation sites is 1. The summed E-state index contributed by atoms with van der Waals surface area (Å²) >= 11 is 7.67. The third-order valence-corrected chi connectivity index (χ3v) is 11.9. The summed E-state index contributed by atoms with van der Waals surface area (Å²) in [6.45, 7) is 7.17. The molecule has 1 fully saturated rings. The first-order chi connectivity index (χ1) is 28.8. The van der Waals surface area contributed by atoms with E-state index in [1.165, 1.54) is 11.3 Å². The minimum Gasteiger partial charge on any atom is -0.377 e. The summed E-state index contributed by atoms with van der Waals surface area (Å²) in [6, 6.07) is 12.8. The van der Waals surface area contributed by atoms with Crippen LogP contribution in [-0.2, 0) is 38.2 Å². The lowest BCUT2D eigenvalue weighted by molar-refractivity contribution is -0.137. The molecule has 4 heterocycles. The normalized spacial score (nSPS) is 18.8. The smallest absolute Gasteiger partial charge is 0.252 e. The molecule has 1 aromatic heterocycles. The van der Waals surface area contributed by atoms with E-state index in [2.05, 4.69) is 16.0 Å². The van der Waals surface area contributed by atoms with Crippen LogP contribution in [0.1, 0.15) is 65.7 Å². The Morgan fingerprint density at radius 3 is 2.40 bits per heavy atom. The fourth-order valence-electron chi connectivity index (χ4n) is 7.27. The zero-order chi connectivity index (χ0) is 42.9. The van der Waals surface area contributed by atoms with Gasteiger partial charge < -0.3 is 29.7 Å². The molecule has 318 valence electrons. The molecular weight excluding hydrogens is 812 g/mol. The first-order valence-electron chi connectivity index (χ1n) is 19.7. The van der Waals surface area contributed by atoms with Crippen LogP contribution < -0.4 is 25.8 Å². The van der Waals surface area contributed by atoms with E-state index in [4.69, 9.17) is 41.6 Å². The van der Waals surface area contributed by atoms with Crippen molar-refractivity contribution in [1.82, 2.24) is 16.0 Å². The lowest BCUT2D eigenvalue weighted by Gasteiger charge is -2.34. The predicted octanol–water partition coefficient (Wildman–Crippen LogP) is 4.02. The second-order valence-corrected chi connectivity index (χ2v) is 16.2. The topological polar surface area (TPSA) is 216 Å². The number of hydrogen-bond acceptors (Lipinski definition) is 12. The lowest BCUT2D eigenvalue weighted by Crippen LogP contribution is -2.53. The van der Waals surface area contributed by atoms with E-state index in [1.807, 2.05) is 26.0 Å². The van der Waals surface area contributed by atoms with Crippen molar-refractivity contribution in [2.45, 2.75) is 64.5 Å². The van der Waals surface area contributed by atoms with Gasteiger partial charge in [-0.3, -0.25) is 50.0 Å². The summed E-state index contributed by atoms with van der Waals surface area (Å²) in [5, 5.41) is 26.7. The maximum absolute atomic E-state index is 13.2. The van der Waals surface area contributed by atoms with Gasteiger partial charge >= 0.3 is 0 Å². The number of piperidine rings is 1. The molecule has 3 atom stereocenters. The number of nitrogens with one attached hydrogen (secondary N) is 5. The van der Waals surface area contributed by atoms with E-state index in [1.54, 1.807) is 53.1 Å². The van der Waals surface area contributed by atoms with Crippen LogP contribution in [0, 0.1) is 24.7 Å². The van der Waals surface area contributed by atoms with Crippen LogP contribution in [0.5, 0.6) is 0 Å². The quantitative estimate of drug-likeness (QED) is 0.0608. The molecular formula is C42H49ClN8O8S. The zero-order valence-electron chi connectivity index (χ0n) is 33.7. The average molecular weight is 861 g/mol. The number of rotatable bonds is 16. The van der Waals surface area contributed by atoms with Gasteiger partial charge in [0, 0.05) is 46.2 Å². The van der Waals surface area contributed by atoms with Gasteiger partial charge in [-0.2, -0.15) is 0 Å². The number of amidine groups is 2. The molecule has 3 aliphatic rings. The Morgan fingerprint density at radius 1 is 0.983 bits per heavy atom. The molecule has 1 saturated heterocycles. The number of fused-ring (bicyclic) bond motifs is 2. The number of benzene rings is 2. The second kappa shape index (κ2) is 20.3. The van der Waals surface area contributed by atoms with Gasteiger partial charge in [-0.1, -0.05) is 41.9 Å². The number of hydrogen-bond donors (Lipinski definition) is 5. The highest BCUT2D eigenvalue weighted by atomic mass is 35.5. The molecule has 18 heteroatoms. The van der Waals surface area contributed by atoms with Gasteiger partial charge in [-0.25, -0.2) is 0 Å². The molecule has 60 heavy (non-hydrogen) atoms. The average Bonchev–Trinajstić information content (AvgIpc) is 3.44. The molecule has 0 unspecified atom stereocenters. The van der Waals surface area contributed by atoms with Crippen molar-refractivity contribution in [3.8, 4) is 0 Å². The third-order valence-electron chi connectivity index (χ3n) is 10.4. The van der Waals surface area contributed by atoms with E-state index in [0.717, 1.165) is 26.6 Å². The zero-order valence-corrected chi connectivity index (χ0v) is 35.3. The van der Waals surface area contributed by atoms with Crippen molar-refractivity contribution < 1.29 is 38.2 Å². The number of thiophene rings is 1. The van der Waals surface area contributed by atoms with Crippen LogP contribution in [0.3, 0.4) is 0 Å². The highest BCUT2D eigenvalue weighted by Crippen LogP contribution is 2.40. The number of halogens is 1. The van der Waals surface area contributed by atoms with Crippen LogP contribution in [0.25, 0.3) is 0 Å². The number of carbonyl (C=O) groups excluding carboxylic acids is 5. The molecule has 6 rings (SSSR count). The number of imide groups is 1. The van der Waals surface area contributed by atoms with Gasteiger partial charge in [0.25, 0.3) is 5.91 Å². The number of amides is 5. The first kappa shape index (κ1) is 44.2. The van der Waals surface area contributed by atoms with E-state index < -0.39 is 23.9 Å². The van der Waals surface area contributed by atoms with Gasteiger partial charge in [-0.15, -0.1) is 11.3 Å². The molecule has 0 bridgehead atoms. The maximum Gasteiger partial charge on any atom is 0.252 e. The Morgan fingerprint density at radius 2 is 1.68 bits per heavy atom. The molecule has 5 amide bonds. The van der Waals surface area contributed by atoms with E-state index >= 15 is 0 Å². The number of carbonyl (C=O) groups is 5. The molecule has 3 aliphatic heterocycles. The van der Waals surface area contributed by atoms with E-state index in [9.17, 15) is 24.0 Å². The number of anilines is 2. The number of aryl methyl sites for hydroxylation is 1. The van der Waals surface area contributed by atoms with Crippen molar-refractivity contribution in [3.63, 3.8) is 0 Å². The van der Waals surface area contributed by atoms with E-state index in [-0.39, 0.29) is 101 Å². The fourth-order valence-corrected chi connectivity index (χ4v) is 8.62. The van der Waals surface area contributed by atoms with Crippen molar-refractivity contribution >= 4 is 80.5 Å². The minimum absolute atomic E-state index is 0.0482. The second-order valence-electron chi connectivity index (χ2n) is 14.6. The number of ether oxygens (including phenoxy) is 3. The van der Waals surface area contributed by atoms with Crippen LogP contribution in [0.2, 0.25) is 5.02 Å². The Bertz CT molecular complexity index is 2180. The Hall–Kier alpha value is -5.33. The van der Waals surface area contributed by atoms with Crippen LogP contribution in [0.4, 0.5) is 10.7 Å². The summed E-state index contributed by atoms with van der Waals surface area (Å²) in [5.41, 5.74) is 4.58. The summed E-state index contributed by atoms with van der Waals surface area (Å²) in [6.07, 6.45) is 0.673. The van der Waals surface area contributed by atoms with Crippen molar-refractivity contribution in [3.05, 3.63) is 80.7 Å². The molecule has 5 N–H and O–H groups in total. The molecule has 0 spiro atoms. The lowest BCUT2D eigenvalue weighted by atomic mass is 9.88. The highest BCUT2D eigenvalue weighted by Gasteiger charge is 2.37. The largest absolute Gasteiger partial charge is 0.377 e. The SMILES string of the molecule is CC(=N)N1C(=N)[C@H](CC(=O)NCCOCCOCCOCC(=O)N2CC[C@@H](C(=O)N[C@H]3CCC(=O)NC3=O)c3ccccc32)N=C(c2ccc(Cl)cc2)c2c1sc(C)c2C. The molecule has 0 radical (unpaired) electrons. The van der Waals surface area contributed by atoms with Crippen LogP contribution in [0.15, 0.2) is 53.5 Å². The van der Waals surface area contributed by atoms with Gasteiger partial charge in [0.15, 0.2) is 0 Å². The Labute approximate surface area is 357 Å². The van der Waals surface area contributed by atoms with Crippen molar-refractivity contribution in [2.75, 3.05) is 62.5 Å². The highest BCUT2D eigenvalue weighted by molar-refractivity contribution is 7.17. The summed E-state index contributed by atoms with van der Waals surface area (Å²) in [4.78, 5) is 72.3. The Balaban J connectivity index is 0.889. The first-order valence-corrected chi connectivity index (χ1v) is 20.9. The molecule has 16 nitrogen and oxygen atoms in total. The van der Waals surface area contributed by atoms with Crippen molar-refractivity contribution in [2.24, 2.45) is 4.99 Å². The Kier molecular flexibility index (Phi) is 15.0. The van der Waals surface area contributed by atoms with Crippen molar-refractivity contribution in [1.29, 1.82) is 10.8 Å². The van der Waals surface area contributed by atoms with Gasteiger partial charge in [0.2, 0.25) is 23.6 Å². The summed E-state index contributed by atoms with van der Waals surface area (Å²) in [5.74, 6) is -2.11. The molecule has 3 aromatic rings. The number of nitrogens with zero attached hydrogens (tertiary/aromatic N) is 3. The van der Waals surface area contributed by atoms with Gasteiger partial charge in [-0.05, 0) is 62.9 Å².